The summed E-state index contributed by atoms with van der Waals surface area (Å²) in [6.45, 7) is 3.56. The van der Waals surface area contributed by atoms with Gasteiger partial charge in [-0.3, -0.25) is 4.79 Å². The summed E-state index contributed by atoms with van der Waals surface area (Å²) in [6, 6.07) is 0. The molecule has 0 aliphatic heterocycles. The Morgan fingerprint density at radius 2 is 1.52 bits per heavy atom. The normalized spacial score (nSPS) is 10.1. The van der Waals surface area contributed by atoms with Gasteiger partial charge in [-0.2, -0.15) is 0 Å². The number of carboxylic acids is 1. The number of hydrogen-bond donors (Lipinski definition) is 1. The fraction of sp³-hybridized carbons (Fsp3) is 0.778. The molecule has 0 fully saturated rings. The monoisotopic (exact) mass is 296 g/mol. The van der Waals surface area contributed by atoms with Gasteiger partial charge in [0.15, 0.2) is 0 Å². The van der Waals surface area contributed by atoms with Crippen LogP contribution in [0.2, 0.25) is 0 Å². The Kier molecular flexibility index (Phi) is 16.2. The Balaban J connectivity index is 3.12. The maximum atomic E-state index is 10.2. The summed E-state index contributed by atoms with van der Waals surface area (Å²) >= 11 is 0. The van der Waals surface area contributed by atoms with E-state index < -0.39 is 5.97 Å². The Labute approximate surface area is 130 Å². The minimum absolute atomic E-state index is 0.0228. The lowest BCUT2D eigenvalue weighted by Gasteiger charge is -2.02. The summed E-state index contributed by atoms with van der Waals surface area (Å²) in [7, 11) is 0. The predicted molar refractivity (Wildman–Crippen MR) is 87.6 cm³/mol. The first-order valence-corrected chi connectivity index (χ1v) is 8.46. The van der Waals surface area contributed by atoms with Crippen LogP contribution in [0.5, 0.6) is 0 Å². The van der Waals surface area contributed by atoms with Crippen molar-refractivity contribution in [1.82, 2.24) is 0 Å². The van der Waals surface area contributed by atoms with E-state index in [0.29, 0.717) is 6.61 Å². The second-order valence-corrected chi connectivity index (χ2v) is 5.43. The van der Waals surface area contributed by atoms with Crippen molar-refractivity contribution in [3.8, 4) is 0 Å². The zero-order valence-corrected chi connectivity index (χ0v) is 13.6. The van der Waals surface area contributed by atoms with E-state index in [1.165, 1.54) is 63.9 Å². The standard InChI is InChI=1S/C18H32O3/c1-2-3-4-5-6-7-8-9-10-13-16-21-17-14-11-12-15-18(19)20/h12,14H,2-10,13,15-17H2,1H3,(H,19,20). The molecule has 3 heteroatoms. The van der Waals surface area contributed by atoms with E-state index in [2.05, 4.69) is 12.7 Å². The Hall–Kier alpha value is -1.05. The summed E-state index contributed by atoms with van der Waals surface area (Å²) in [6.07, 6.45) is 16.6. The third-order valence-electron chi connectivity index (χ3n) is 3.36. The van der Waals surface area contributed by atoms with Crippen LogP contribution in [0, 0.1) is 0 Å². The molecule has 0 heterocycles. The van der Waals surface area contributed by atoms with E-state index in [4.69, 9.17) is 9.84 Å². The van der Waals surface area contributed by atoms with Crippen LogP contribution < -0.4 is 0 Å². The van der Waals surface area contributed by atoms with E-state index in [1.807, 2.05) is 0 Å². The smallest absolute Gasteiger partial charge is 0.307 e. The fourth-order valence-corrected chi connectivity index (χ4v) is 2.11. The van der Waals surface area contributed by atoms with Gasteiger partial charge in [-0.25, -0.2) is 0 Å². The number of aliphatic carboxylic acids is 1. The summed E-state index contributed by atoms with van der Waals surface area (Å²) in [4.78, 5) is 10.2. The molecule has 1 N–H and O–H groups in total. The molecule has 0 atom stereocenters. The third-order valence-corrected chi connectivity index (χ3v) is 3.36. The van der Waals surface area contributed by atoms with Crippen molar-refractivity contribution in [3.05, 3.63) is 17.9 Å². The topological polar surface area (TPSA) is 46.5 Å². The SMILES string of the molecule is CCCCCCCCCCCCOCC=C=CCC(=O)O. The van der Waals surface area contributed by atoms with Crippen LogP contribution in [0.15, 0.2) is 17.9 Å². The van der Waals surface area contributed by atoms with Crippen molar-refractivity contribution < 1.29 is 14.6 Å². The maximum Gasteiger partial charge on any atom is 0.307 e. The van der Waals surface area contributed by atoms with Crippen LogP contribution in [0.3, 0.4) is 0 Å². The highest BCUT2D eigenvalue weighted by atomic mass is 16.5. The molecule has 0 saturated carbocycles. The first-order valence-electron chi connectivity index (χ1n) is 8.46. The lowest BCUT2D eigenvalue weighted by atomic mass is 10.1. The maximum absolute atomic E-state index is 10.2. The lowest BCUT2D eigenvalue weighted by molar-refractivity contribution is -0.135. The van der Waals surface area contributed by atoms with Gasteiger partial charge in [0.1, 0.15) is 0 Å². The number of rotatable bonds is 15. The first kappa shape index (κ1) is 19.9. The van der Waals surface area contributed by atoms with Crippen LogP contribution in [0.4, 0.5) is 0 Å². The molecule has 0 radical (unpaired) electrons. The highest BCUT2D eigenvalue weighted by molar-refractivity contribution is 5.68. The van der Waals surface area contributed by atoms with Crippen molar-refractivity contribution in [3.63, 3.8) is 0 Å². The van der Waals surface area contributed by atoms with Gasteiger partial charge in [0, 0.05) is 6.61 Å². The molecule has 0 amide bonds. The summed E-state index contributed by atoms with van der Waals surface area (Å²) in [5.41, 5.74) is 2.80. The zero-order valence-electron chi connectivity index (χ0n) is 13.6. The van der Waals surface area contributed by atoms with Gasteiger partial charge in [0.25, 0.3) is 0 Å². The van der Waals surface area contributed by atoms with Crippen molar-refractivity contribution in [2.45, 2.75) is 77.6 Å². The van der Waals surface area contributed by atoms with E-state index in [0.717, 1.165) is 13.0 Å². The number of hydrogen-bond acceptors (Lipinski definition) is 2. The van der Waals surface area contributed by atoms with Crippen LogP contribution in [0.25, 0.3) is 0 Å². The van der Waals surface area contributed by atoms with Gasteiger partial charge in [0.2, 0.25) is 0 Å². The molecule has 122 valence electrons. The van der Waals surface area contributed by atoms with E-state index in [9.17, 15) is 4.79 Å². The fourth-order valence-electron chi connectivity index (χ4n) is 2.11. The van der Waals surface area contributed by atoms with Gasteiger partial charge in [-0.15, -0.1) is 5.73 Å². The highest BCUT2D eigenvalue weighted by Gasteiger charge is 1.92. The molecule has 0 rings (SSSR count). The van der Waals surface area contributed by atoms with Crippen LogP contribution in [-0.4, -0.2) is 24.3 Å². The molecule has 0 aromatic rings. The molecule has 21 heavy (non-hydrogen) atoms. The molecule has 0 saturated heterocycles. The van der Waals surface area contributed by atoms with E-state index in [1.54, 1.807) is 6.08 Å². The second kappa shape index (κ2) is 17.0. The minimum atomic E-state index is -0.831. The molecule has 0 bridgehead atoms. The summed E-state index contributed by atoms with van der Waals surface area (Å²) < 4.78 is 5.43. The molecule has 0 aliphatic rings. The summed E-state index contributed by atoms with van der Waals surface area (Å²) in [5, 5.41) is 8.41. The molecular formula is C18H32O3. The van der Waals surface area contributed by atoms with Gasteiger partial charge in [0.05, 0.1) is 13.0 Å². The predicted octanol–water partition coefficient (Wildman–Crippen LogP) is 5.11. The summed E-state index contributed by atoms with van der Waals surface area (Å²) in [5.74, 6) is -0.831. The van der Waals surface area contributed by atoms with E-state index in [-0.39, 0.29) is 6.42 Å². The van der Waals surface area contributed by atoms with Crippen molar-refractivity contribution in [2.75, 3.05) is 13.2 Å². The Morgan fingerprint density at radius 3 is 2.10 bits per heavy atom. The number of carboxylic acid groups (broad SMARTS) is 1. The van der Waals surface area contributed by atoms with Gasteiger partial charge in [-0.05, 0) is 18.6 Å². The minimum Gasteiger partial charge on any atom is -0.481 e. The average molecular weight is 296 g/mol. The Morgan fingerprint density at radius 1 is 0.952 bits per heavy atom. The van der Waals surface area contributed by atoms with Crippen LogP contribution >= 0.6 is 0 Å². The molecule has 0 aromatic carbocycles. The number of unbranched alkanes of at least 4 members (excludes halogenated alkanes) is 9. The number of ether oxygens (including phenoxy) is 1. The van der Waals surface area contributed by atoms with E-state index >= 15 is 0 Å². The lowest BCUT2D eigenvalue weighted by Crippen LogP contribution is -1.94. The molecule has 0 aliphatic carbocycles. The second-order valence-electron chi connectivity index (χ2n) is 5.43. The molecule has 0 spiro atoms. The highest BCUT2D eigenvalue weighted by Crippen LogP contribution is 2.10. The number of carbonyl (C=O) groups is 1. The quantitative estimate of drug-likeness (QED) is 0.337. The van der Waals surface area contributed by atoms with Gasteiger partial charge < -0.3 is 9.84 Å². The molecule has 0 aromatic heterocycles. The van der Waals surface area contributed by atoms with Gasteiger partial charge >= 0.3 is 5.97 Å². The largest absolute Gasteiger partial charge is 0.481 e. The first-order chi connectivity index (χ1) is 10.3. The molecule has 0 unspecified atom stereocenters. The van der Waals surface area contributed by atoms with Crippen molar-refractivity contribution in [1.29, 1.82) is 0 Å². The van der Waals surface area contributed by atoms with Crippen molar-refractivity contribution in [2.24, 2.45) is 0 Å². The molecule has 3 nitrogen and oxygen atoms in total. The van der Waals surface area contributed by atoms with Crippen molar-refractivity contribution >= 4 is 5.97 Å². The Bertz CT molecular complexity index is 291. The van der Waals surface area contributed by atoms with Crippen LogP contribution in [-0.2, 0) is 9.53 Å². The zero-order chi connectivity index (χ0) is 15.6. The molecular weight excluding hydrogens is 264 g/mol. The van der Waals surface area contributed by atoms with Gasteiger partial charge in [-0.1, -0.05) is 64.7 Å². The van der Waals surface area contributed by atoms with Crippen LogP contribution in [0.1, 0.15) is 77.6 Å². The third kappa shape index (κ3) is 18.9. The average Bonchev–Trinajstić information content (AvgIpc) is 2.46.